The van der Waals surface area contributed by atoms with E-state index in [0.717, 1.165) is 11.4 Å². The van der Waals surface area contributed by atoms with Gasteiger partial charge in [0.1, 0.15) is 14.1 Å². The molecule has 0 spiro atoms. The van der Waals surface area contributed by atoms with Crippen molar-refractivity contribution in [2.24, 2.45) is 4.99 Å². The Morgan fingerprint density at radius 2 is 1.83 bits per heavy atom. The molecule has 0 heterocycles. The minimum atomic E-state index is -3.47. The molecule has 0 saturated heterocycles. The van der Waals surface area contributed by atoms with Crippen LogP contribution in [0.2, 0.25) is 0 Å². The van der Waals surface area contributed by atoms with Crippen LogP contribution in [0.25, 0.3) is 0 Å². The Morgan fingerprint density at radius 1 is 1.21 bits per heavy atom. The summed E-state index contributed by atoms with van der Waals surface area (Å²) in [4.78, 5) is 6.49. The molecule has 1 aromatic carbocycles. The Bertz CT molecular complexity index is 845. The molecule has 1 atom stereocenters. The topological polar surface area (TPSA) is 65.1 Å². The molecule has 6 nitrogen and oxygen atoms in total. The van der Waals surface area contributed by atoms with Gasteiger partial charge in [0, 0.05) is 43.1 Å². The average molecular weight is 366 g/mol. The standard InChI is InChI=1S/C16H19N3O3S2/c1-18(2)13-7-5-12(6-8-13)17-15-10-9-14(19(3)4)11-16(15)24(21,23)22-20/h5-11H,1-4H3/p+1. The van der Waals surface area contributed by atoms with Crippen molar-refractivity contribution in [2.45, 2.75) is 4.90 Å². The molecule has 1 aliphatic carbocycles. The molecule has 0 saturated carbocycles. The summed E-state index contributed by atoms with van der Waals surface area (Å²) in [6, 6.07) is 5.15. The molecule has 1 aromatic rings. The molecule has 0 aliphatic heterocycles. The summed E-state index contributed by atoms with van der Waals surface area (Å²) < 4.78 is 18.4. The van der Waals surface area contributed by atoms with Crippen LogP contribution in [0.4, 0.5) is 11.4 Å². The zero-order valence-electron chi connectivity index (χ0n) is 14.0. The molecule has 0 radical (unpaired) electrons. The molecule has 8 heteroatoms. The molecule has 0 aromatic heterocycles. The summed E-state index contributed by atoms with van der Waals surface area (Å²) in [7, 11) is 4.14. The van der Waals surface area contributed by atoms with Gasteiger partial charge in [0.2, 0.25) is 8.77 Å². The fraction of sp³-hybridized carbons (Fsp3) is 0.250. The van der Waals surface area contributed by atoms with Crippen LogP contribution in [0.15, 0.2) is 52.4 Å². The van der Waals surface area contributed by atoms with Gasteiger partial charge in [-0.15, -0.1) is 4.33 Å². The average Bonchev–Trinajstić information content (AvgIpc) is 2.55. The van der Waals surface area contributed by atoms with E-state index in [9.17, 15) is 4.21 Å². The summed E-state index contributed by atoms with van der Waals surface area (Å²) in [5.74, 6) is 0. The van der Waals surface area contributed by atoms with E-state index in [0.29, 0.717) is 11.4 Å². The minimum absolute atomic E-state index is 0.169. The van der Waals surface area contributed by atoms with E-state index < -0.39 is 8.77 Å². The highest BCUT2D eigenvalue weighted by atomic mass is 32.8. The van der Waals surface area contributed by atoms with E-state index in [-0.39, 0.29) is 4.90 Å². The first-order valence-corrected chi connectivity index (χ1v) is 9.54. The summed E-state index contributed by atoms with van der Waals surface area (Å²) in [6.45, 7) is 0. The first-order chi connectivity index (χ1) is 11.2. The van der Waals surface area contributed by atoms with Gasteiger partial charge in [-0.3, -0.25) is 0 Å². The van der Waals surface area contributed by atoms with Crippen molar-refractivity contribution < 1.29 is 18.4 Å². The van der Waals surface area contributed by atoms with Crippen LogP contribution in [0.1, 0.15) is 0 Å². The van der Waals surface area contributed by atoms with Gasteiger partial charge in [-0.2, -0.15) is 0 Å². The zero-order chi connectivity index (χ0) is 17.9. The Balaban J connectivity index is 2.52. The van der Waals surface area contributed by atoms with Crippen LogP contribution in [-0.4, -0.2) is 53.7 Å². The second kappa shape index (κ2) is 7.35. The lowest BCUT2D eigenvalue weighted by molar-refractivity contribution is -0.462. The molecular weight excluding hydrogens is 346 g/mol. The predicted molar refractivity (Wildman–Crippen MR) is 101 cm³/mol. The smallest absolute Gasteiger partial charge is 0.204 e. The van der Waals surface area contributed by atoms with Gasteiger partial charge in [-0.25, -0.2) is 19.0 Å². The van der Waals surface area contributed by atoms with Crippen molar-refractivity contribution in [1.29, 1.82) is 0 Å². The lowest BCUT2D eigenvalue weighted by Crippen LogP contribution is -2.12. The molecule has 0 fully saturated rings. The van der Waals surface area contributed by atoms with Crippen molar-refractivity contribution in [3.05, 3.63) is 42.5 Å². The number of aliphatic imine (C=N–C) groups is 1. The van der Waals surface area contributed by atoms with E-state index in [1.165, 1.54) is 0 Å². The molecular formula is C16H20N3O3S2+. The van der Waals surface area contributed by atoms with Gasteiger partial charge in [0.05, 0.1) is 16.3 Å². The normalized spacial score (nSPS) is 16.0. The number of hydrogen-bond acceptors (Lipinski definition) is 6. The Morgan fingerprint density at radius 3 is 2.33 bits per heavy atom. The van der Waals surface area contributed by atoms with Crippen molar-refractivity contribution in [3.8, 4) is 0 Å². The Kier molecular flexibility index (Phi) is 5.66. The van der Waals surface area contributed by atoms with Gasteiger partial charge in [0.25, 0.3) is 0 Å². The van der Waals surface area contributed by atoms with Crippen LogP contribution in [-0.2, 0) is 24.3 Å². The van der Waals surface area contributed by atoms with E-state index >= 15 is 0 Å². The Labute approximate surface area is 146 Å². The van der Waals surface area contributed by atoms with E-state index in [1.54, 1.807) is 12.1 Å². The summed E-state index contributed by atoms with van der Waals surface area (Å²) in [5.41, 5.74) is 2.90. The van der Waals surface area contributed by atoms with E-state index in [2.05, 4.69) is 9.33 Å². The SMILES string of the molecule is CN(C)c1ccc(N=C2C=CC(=[N+](C)C)C=C2)c(S(=O)(=S)OO)c1. The minimum Gasteiger partial charge on any atom is -0.378 e. The summed E-state index contributed by atoms with van der Waals surface area (Å²) >= 11 is 4.89. The lowest BCUT2D eigenvalue weighted by atomic mass is 10.1. The quantitative estimate of drug-likeness (QED) is 0.383. The third kappa shape index (κ3) is 4.15. The molecule has 0 bridgehead atoms. The fourth-order valence-electron chi connectivity index (χ4n) is 2.08. The van der Waals surface area contributed by atoms with E-state index in [4.69, 9.17) is 16.4 Å². The van der Waals surface area contributed by atoms with Gasteiger partial charge in [-0.05, 0) is 30.4 Å². The maximum Gasteiger partial charge on any atom is 0.204 e. The number of allylic oxidation sites excluding steroid dienone is 4. The Hall–Kier alpha value is -1.87. The molecule has 1 N–H and O–H groups in total. The largest absolute Gasteiger partial charge is 0.378 e. The molecule has 1 unspecified atom stereocenters. The highest BCUT2D eigenvalue weighted by Gasteiger charge is 2.18. The van der Waals surface area contributed by atoms with Gasteiger partial charge in [0.15, 0.2) is 5.71 Å². The fourth-order valence-corrected chi connectivity index (χ4v) is 3.19. The highest BCUT2D eigenvalue weighted by molar-refractivity contribution is 8.30. The van der Waals surface area contributed by atoms with Crippen molar-refractivity contribution in [2.75, 3.05) is 33.1 Å². The van der Waals surface area contributed by atoms with Crippen LogP contribution in [0, 0.1) is 0 Å². The number of nitrogens with zero attached hydrogens (tertiary/aromatic N) is 3. The number of benzene rings is 1. The molecule has 24 heavy (non-hydrogen) atoms. The van der Waals surface area contributed by atoms with Gasteiger partial charge >= 0.3 is 0 Å². The third-order valence-corrected chi connectivity index (χ3v) is 5.23. The summed E-state index contributed by atoms with van der Waals surface area (Å²) in [5, 5.41) is 8.92. The number of anilines is 1. The van der Waals surface area contributed by atoms with E-state index in [1.807, 2.05) is 68.0 Å². The number of hydrogen-bond donors (Lipinski definition) is 1. The van der Waals surface area contributed by atoms with Crippen LogP contribution in [0.3, 0.4) is 0 Å². The van der Waals surface area contributed by atoms with Gasteiger partial charge < -0.3 is 4.90 Å². The van der Waals surface area contributed by atoms with Crippen LogP contribution in [0.5, 0.6) is 0 Å². The molecule has 128 valence electrons. The van der Waals surface area contributed by atoms with Crippen molar-refractivity contribution in [1.82, 2.24) is 0 Å². The van der Waals surface area contributed by atoms with Crippen molar-refractivity contribution >= 4 is 42.8 Å². The highest BCUT2D eigenvalue weighted by Crippen LogP contribution is 2.30. The first-order valence-electron chi connectivity index (χ1n) is 7.13. The predicted octanol–water partition coefficient (Wildman–Crippen LogP) is 2.17. The first kappa shape index (κ1) is 18.5. The third-order valence-electron chi connectivity index (χ3n) is 3.44. The molecule has 2 rings (SSSR count). The maximum absolute atomic E-state index is 12.3. The van der Waals surface area contributed by atoms with Crippen molar-refractivity contribution in [3.63, 3.8) is 0 Å². The molecule has 0 amide bonds. The lowest BCUT2D eigenvalue weighted by Gasteiger charge is -2.15. The maximum atomic E-state index is 12.3. The summed E-state index contributed by atoms with van der Waals surface area (Å²) in [6.07, 6.45) is 7.56. The van der Waals surface area contributed by atoms with Crippen LogP contribution < -0.4 is 4.90 Å². The zero-order valence-corrected chi connectivity index (χ0v) is 15.6. The second-order valence-electron chi connectivity index (χ2n) is 5.60. The monoisotopic (exact) mass is 366 g/mol. The second-order valence-corrected chi connectivity index (χ2v) is 8.41. The molecule has 1 aliphatic rings. The van der Waals surface area contributed by atoms with Crippen LogP contribution >= 0.6 is 0 Å². The van der Waals surface area contributed by atoms with Gasteiger partial charge in [-0.1, -0.05) is 0 Å². The number of rotatable bonds is 4.